The van der Waals surface area contributed by atoms with Crippen molar-refractivity contribution >= 4 is 23.3 Å². The van der Waals surface area contributed by atoms with Gasteiger partial charge in [0.25, 0.3) is 0 Å². The lowest BCUT2D eigenvalue weighted by molar-refractivity contribution is -0.139. The largest absolute Gasteiger partial charge is 0.463 e. The zero-order valence-electron chi connectivity index (χ0n) is 13.2. The van der Waals surface area contributed by atoms with E-state index in [0.717, 1.165) is 18.4 Å². The lowest BCUT2D eigenvalue weighted by Gasteiger charge is -2.35. The zero-order valence-corrected chi connectivity index (χ0v) is 14.0. The number of nitrogens with zero attached hydrogens (tertiary/aromatic N) is 1. The highest BCUT2D eigenvalue weighted by Crippen LogP contribution is 2.32. The van der Waals surface area contributed by atoms with E-state index in [4.69, 9.17) is 4.74 Å². The molecule has 2 amide bonds. The molecular weight excluding hydrogens is 300 g/mol. The van der Waals surface area contributed by atoms with Crippen molar-refractivity contribution in [3.05, 3.63) is 33.7 Å². The van der Waals surface area contributed by atoms with Crippen LogP contribution in [0.5, 0.6) is 0 Å². The van der Waals surface area contributed by atoms with Gasteiger partial charge in [0.1, 0.15) is 0 Å². The van der Waals surface area contributed by atoms with Gasteiger partial charge in [-0.05, 0) is 42.7 Å². The number of urea groups is 1. The topological polar surface area (TPSA) is 58.6 Å². The minimum atomic E-state index is -0.435. The molecule has 1 aliphatic heterocycles. The van der Waals surface area contributed by atoms with Crippen molar-refractivity contribution in [2.75, 3.05) is 13.2 Å². The molecule has 0 spiro atoms. The molecule has 1 aliphatic rings. The maximum absolute atomic E-state index is 12.4. The molecule has 5 nitrogen and oxygen atoms in total. The summed E-state index contributed by atoms with van der Waals surface area (Å²) in [5.74, 6) is -0.363. The molecule has 1 aromatic rings. The van der Waals surface area contributed by atoms with Crippen molar-refractivity contribution in [3.8, 4) is 0 Å². The summed E-state index contributed by atoms with van der Waals surface area (Å²) in [7, 11) is 0. The fraction of sp³-hybridized carbons (Fsp3) is 0.500. The molecule has 0 bridgehead atoms. The average molecular weight is 322 g/mol. The van der Waals surface area contributed by atoms with Crippen LogP contribution in [0, 0.1) is 0 Å². The van der Waals surface area contributed by atoms with Crippen molar-refractivity contribution in [2.24, 2.45) is 0 Å². The van der Waals surface area contributed by atoms with Gasteiger partial charge in [-0.25, -0.2) is 9.59 Å². The highest BCUT2D eigenvalue weighted by Gasteiger charge is 2.36. The minimum absolute atomic E-state index is 0.157. The summed E-state index contributed by atoms with van der Waals surface area (Å²) in [4.78, 5) is 26.4. The first-order valence-electron chi connectivity index (χ1n) is 7.58. The van der Waals surface area contributed by atoms with E-state index in [9.17, 15) is 9.59 Å². The molecule has 1 atom stereocenters. The summed E-state index contributed by atoms with van der Waals surface area (Å²) in [6.45, 7) is 6.59. The smallest absolute Gasteiger partial charge is 0.338 e. The van der Waals surface area contributed by atoms with Crippen molar-refractivity contribution in [2.45, 2.75) is 39.7 Å². The Morgan fingerprint density at radius 3 is 2.82 bits per heavy atom. The van der Waals surface area contributed by atoms with Gasteiger partial charge in [-0.3, -0.25) is 4.90 Å². The third-order valence-electron chi connectivity index (χ3n) is 3.70. The molecule has 0 aromatic carbocycles. The molecule has 0 saturated heterocycles. The molecule has 1 N–H and O–H groups in total. The van der Waals surface area contributed by atoms with Gasteiger partial charge < -0.3 is 10.1 Å². The maximum Gasteiger partial charge on any atom is 0.338 e. The highest BCUT2D eigenvalue weighted by molar-refractivity contribution is 7.08. The Bertz CT molecular complexity index is 566. The second-order valence-corrected chi connectivity index (χ2v) is 5.94. The molecule has 0 fully saturated rings. The van der Waals surface area contributed by atoms with Crippen LogP contribution >= 0.6 is 11.3 Å². The Hall–Kier alpha value is -1.82. The number of allylic oxidation sites excluding steroid dienone is 1. The van der Waals surface area contributed by atoms with E-state index in [1.165, 1.54) is 11.3 Å². The summed E-state index contributed by atoms with van der Waals surface area (Å²) in [6.07, 6.45) is 1.88. The van der Waals surface area contributed by atoms with E-state index in [-0.39, 0.29) is 12.0 Å². The van der Waals surface area contributed by atoms with Crippen molar-refractivity contribution in [1.29, 1.82) is 0 Å². The standard InChI is InChI=1S/C16H22N2O3S/c1-4-6-8-18-11(3)13(15(19)21-5-2)14(17-16(18)20)12-7-9-22-10-12/h7,9-10,14H,4-6,8H2,1-3H3,(H,17,20). The Morgan fingerprint density at radius 2 is 2.23 bits per heavy atom. The summed E-state index contributed by atoms with van der Waals surface area (Å²) in [6, 6.07) is 1.33. The van der Waals surface area contributed by atoms with Crippen molar-refractivity contribution in [1.82, 2.24) is 10.2 Å². The lowest BCUT2D eigenvalue weighted by atomic mass is 9.97. The van der Waals surface area contributed by atoms with Gasteiger partial charge in [-0.1, -0.05) is 13.3 Å². The SMILES string of the molecule is CCCCN1C(=O)NC(c2ccsc2)C(C(=O)OCC)=C1C. The first kappa shape index (κ1) is 16.5. The van der Waals surface area contributed by atoms with Crippen LogP contribution in [-0.4, -0.2) is 30.1 Å². The monoisotopic (exact) mass is 322 g/mol. The number of nitrogens with one attached hydrogen (secondary N) is 1. The third kappa shape index (κ3) is 3.32. The van der Waals surface area contributed by atoms with Crippen LogP contribution < -0.4 is 5.32 Å². The molecule has 1 aromatic heterocycles. The molecule has 120 valence electrons. The number of carbonyl (C=O) groups excluding carboxylic acids is 2. The Labute approximate surface area is 135 Å². The zero-order chi connectivity index (χ0) is 16.1. The predicted octanol–water partition coefficient (Wildman–Crippen LogP) is 3.45. The van der Waals surface area contributed by atoms with Crippen molar-refractivity contribution in [3.63, 3.8) is 0 Å². The summed E-state index contributed by atoms with van der Waals surface area (Å²) < 4.78 is 5.20. The maximum atomic E-state index is 12.4. The van der Waals surface area contributed by atoms with Crippen LogP contribution in [0.15, 0.2) is 28.1 Å². The number of carbonyl (C=O) groups is 2. The molecular formula is C16H22N2O3S. The molecule has 22 heavy (non-hydrogen) atoms. The molecule has 6 heteroatoms. The second kappa shape index (κ2) is 7.45. The van der Waals surface area contributed by atoms with Gasteiger partial charge in [-0.2, -0.15) is 11.3 Å². The van der Waals surface area contributed by atoms with Gasteiger partial charge >= 0.3 is 12.0 Å². The van der Waals surface area contributed by atoms with Crippen LogP contribution in [0.3, 0.4) is 0 Å². The molecule has 2 heterocycles. The first-order chi connectivity index (χ1) is 10.6. The summed E-state index contributed by atoms with van der Waals surface area (Å²) in [5, 5.41) is 6.81. The average Bonchev–Trinajstić information content (AvgIpc) is 3.00. The number of hydrogen-bond donors (Lipinski definition) is 1. The minimum Gasteiger partial charge on any atom is -0.463 e. The van der Waals surface area contributed by atoms with Crippen LogP contribution in [0.4, 0.5) is 4.79 Å². The van der Waals surface area contributed by atoms with Gasteiger partial charge in [0.05, 0.1) is 18.2 Å². The number of hydrogen-bond acceptors (Lipinski definition) is 4. The fourth-order valence-corrected chi connectivity index (χ4v) is 3.22. The normalized spacial score (nSPS) is 18.4. The van der Waals surface area contributed by atoms with Gasteiger partial charge in [-0.15, -0.1) is 0 Å². The van der Waals surface area contributed by atoms with Crippen LogP contribution in [-0.2, 0) is 9.53 Å². The van der Waals surface area contributed by atoms with E-state index >= 15 is 0 Å². The van der Waals surface area contributed by atoms with Gasteiger partial charge in [0.2, 0.25) is 0 Å². The molecule has 2 rings (SSSR count). The Kier molecular flexibility index (Phi) is 5.60. The molecule has 0 saturated carbocycles. The highest BCUT2D eigenvalue weighted by atomic mass is 32.1. The lowest BCUT2D eigenvalue weighted by Crippen LogP contribution is -2.48. The number of unbranched alkanes of at least 4 members (excludes halogenated alkanes) is 1. The molecule has 0 radical (unpaired) electrons. The van der Waals surface area contributed by atoms with E-state index < -0.39 is 6.04 Å². The number of ether oxygens (including phenoxy) is 1. The van der Waals surface area contributed by atoms with Crippen LogP contribution in [0.1, 0.15) is 45.2 Å². The van der Waals surface area contributed by atoms with Gasteiger partial charge in [0, 0.05) is 12.2 Å². The summed E-state index contributed by atoms with van der Waals surface area (Å²) >= 11 is 1.54. The number of amides is 2. The predicted molar refractivity (Wildman–Crippen MR) is 86.5 cm³/mol. The second-order valence-electron chi connectivity index (χ2n) is 5.16. The fourth-order valence-electron chi connectivity index (χ4n) is 2.53. The van der Waals surface area contributed by atoms with Crippen LogP contribution in [0.2, 0.25) is 0 Å². The quantitative estimate of drug-likeness (QED) is 0.816. The molecule has 1 unspecified atom stereocenters. The third-order valence-corrected chi connectivity index (χ3v) is 4.40. The first-order valence-corrected chi connectivity index (χ1v) is 8.52. The van der Waals surface area contributed by atoms with E-state index in [0.29, 0.717) is 24.4 Å². The summed E-state index contributed by atoms with van der Waals surface area (Å²) in [5.41, 5.74) is 2.12. The number of esters is 1. The molecule has 0 aliphatic carbocycles. The number of rotatable bonds is 6. The van der Waals surface area contributed by atoms with E-state index in [1.807, 2.05) is 23.8 Å². The Morgan fingerprint density at radius 1 is 1.45 bits per heavy atom. The van der Waals surface area contributed by atoms with E-state index in [1.54, 1.807) is 11.8 Å². The van der Waals surface area contributed by atoms with E-state index in [2.05, 4.69) is 12.2 Å². The van der Waals surface area contributed by atoms with Gasteiger partial charge in [0.15, 0.2) is 0 Å². The Balaban J connectivity index is 2.40. The number of thiophene rings is 1. The van der Waals surface area contributed by atoms with Crippen molar-refractivity contribution < 1.29 is 14.3 Å². The van der Waals surface area contributed by atoms with Crippen LogP contribution in [0.25, 0.3) is 0 Å².